The number of nitrogens with one attached hydrogen (secondary N) is 1. The zero-order chi connectivity index (χ0) is 13.9. The first kappa shape index (κ1) is 13.2. The van der Waals surface area contributed by atoms with Gasteiger partial charge in [0, 0.05) is 20.0 Å². The predicted octanol–water partition coefficient (Wildman–Crippen LogP) is 1.28. The third-order valence-electron chi connectivity index (χ3n) is 2.41. The van der Waals surface area contributed by atoms with Gasteiger partial charge in [-0.15, -0.1) is 20.4 Å². The summed E-state index contributed by atoms with van der Waals surface area (Å²) >= 11 is 0. The van der Waals surface area contributed by atoms with Crippen LogP contribution in [0, 0.1) is 0 Å². The number of aryl methyl sites for hydroxylation is 1. The fourth-order valence-corrected chi connectivity index (χ4v) is 1.41. The zero-order valence-electron chi connectivity index (χ0n) is 10.0. The summed E-state index contributed by atoms with van der Waals surface area (Å²) in [7, 11) is 1.81. The van der Waals surface area contributed by atoms with Gasteiger partial charge in [0.1, 0.15) is 18.0 Å². The number of alkyl halides is 3. The molecule has 2 rings (SSSR count). The molecule has 0 amide bonds. The molecule has 0 aliphatic carbocycles. The Hall–Kier alpha value is -2.19. The summed E-state index contributed by atoms with van der Waals surface area (Å²) in [4.78, 5) is 0. The molecule has 0 saturated carbocycles. The normalized spacial score (nSPS) is 11.6. The van der Waals surface area contributed by atoms with Crippen LogP contribution in [0.4, 0.5) is 19.0 Å². The van der Waals surface area contributed by atoms with E-state index < -0.39 is 11.9 Å². The molecule has 0 aliphatic heterocycles. The Bertz CT molecular complexity index is 533. The van der Waals surface area contributed by atoms with Gasteiger partial charge in [-0.25, -0.2) is 0 Å². The summed E-state index contributed by atoms with van der Waals surface area (Å²) in [6.07, 6.45) is -2.31. The molecule has 2 aromatic rings. The Balaban J connectivity index is 1.89. The number of anilines is 1. The van der Waals surface area contributed by atoms with E-state index in [1.807, 2.05) is 7.05 Å². The van der Waals surface area contributed by atoms with Crippen LogP contribution in [0.1, 0.15) is 11.5 Å². The number of halogens is 3. The maximum absolute atomic E-state index is 12.3. The maximum Gasteiger partial charge on any atom is 0.435 e. The van der Waals surface area contributed by atoms with Crippen LogP contribution in [-0.2, 0) is 19.6 Å². The Morgan fingerprint density at radius 1 is 1.21 bits per heavy atom. The Morgan fingerprint density at radius 2 is 2.00 bits per heavy atom. The molecule has 1 N–H and O–H groups in total. The van der Waals surface area contributed by atoms with Crippen molar-refractivity contribution in [3.05, 3.63) is 30.0 Å². The third-order valence-corrected chi connectivity index (χ3v) is 2.41. The molecule has 9 heteroatoms. The first-order valence-electron chi connectivity index (χ1n) is 5.44. The average molecular weight is 272 g/mol. The van der Waals surface area contributed by atoms with Gasteiger partial charge < -0.3 is 9.88 Å². The van der Waals surface area contributed by atoms with Crippen molar-refractivity contribution in [3.8, 4) is 0 Å². The number of aromatic nitrogens is 5. The van der Waals surface area contributed by atoms with Crippen molar-refractivity contribution < 1.29 is 13.2 Å². The van der Waals surface area contributed by atoms with Crippen LogP contribution >= 0.6 is 0 Å². The van der Waals surface area contributed by atoms with Crippen molar-refractivity contribution >= 4 is 5.82 Å². The van der Waals surface area contributed by atoms with Crippen LogP contribution in [0.3, 0.4) is 0 Å². The van der Waals surface area contributed by atoms with Gasteiger partial charge >= 0.3 is 6.18 Å². The van der Waals surface area contributed by atoms with Crippen molar-refractivity contribution in [3.63, 3.8) is 0 Å². The molecule has 19 heavy (non-hydrogen) atoms. The third kappa shape index (κ3) is 3.39. The Labute approximate surface area is 106 Å². The second-order valence-corrected chi connectivity index (χ2v) is 3.84. The largest absolute Gasteiger partial charge is 0.435 e. The van der Waals surface area contributed by atoms with Gasteiger partial charge in [0.25, 0.3) is 0 Å². The van der Waals surface area contributed by atoms with Crippen LogP contribution in [0.5, 0.6) is 0 Å². The number of nitrogens with zero attached hydrogens (tertiary/aromatic N) is 5. The Kier molecular flexibility index (Phi) is 3.63. The summed E-state index contributed by atoms with van der Waals surface area (Å²) in [5.41, 5.74) is -1.01. The van der Waals surface area contributed by atoms with Crippen molar-refractivity contribution in [2.75, 3.05) is 11.9 Å². The number of hydrogen-bond acceptors (Lipinski definition) is 5. The van der Waals surface area contributed by atoms with E-state index in [0.29, 0.717) is 13.0 Å². The van der Waals surface area contributed by atoms with E-state index in [4.69, 9.17) is 0 Å². The minimum absolute atomic E-state index is 0.287. The molecule has 0 bridgehead atoms. The lowest BCUT2D eigenvalue weighted by atomic mass is 10.3. The molecule has 0 aliphatic rings. The summed E-state index contributed by atoms with van der Waals surface area (Å²) in [5, 5.41) is 17.0. The lowest BCUT2D eigenvalue weighted by Crippen LogP contribution is -2.12. The van der Waals surface area contributed by atoms with Gasteiger partial charge in [-0.2, -0.15) is 13.2 Å². The van der Waals surface area contributed by atoms with E-state index in [1.165, 1.54) is 6.07 Å². The molecule has 0 aromatic carbocycles. The average Bonchev–Trinajstić information content (AvgIpc) is 2.75. The van der Waals surface area contributed by atoms with Crippen molar-refractivity contribution in [1.82, 2.24) is 25.0 Å². The standard InChI is InChI=1S/C10H11F3N6/c1-19-6-15-18-9(19)4-5-14-8-3-2-7(16-17-8)10(11,12)13/h2-3,6H,4-5H2,1H3,(H,14,17). The lowest BCUT2D eigenvalue weighted by Gasteiger charge is -2.07. The van der Waals surface area contributed by atoms with Crippen LogP contribution < -0.4 is 5.32 Å². The number of rotatable bonds is 4. The van der Waals surface area contributed by atoms with Gasteiger partial charge in [-0.1, -0.05) is 0 Å². The van der Waals surface area contributed by atoms with Gasteiger partial charge in [0.05, 0.1) is 0 Å². The van der Waals surface area contributed by atoms with Crippen LogP contribution in [-0.4, -0.2) is 31.5 Å². The number of hydrogen-bond donors (Lipinski definition) is 1. The summed E-state index contributed by atoms with van der Waals surface area (Å²) in [5.74, 6) is 1.06. The molecule has 0 fully saturated rings. The van der Waals surface area contributed by atoms with E-state index in [-0.39, 0.29) is 5.82 Å². The van der Waals surface area contributed by atoms with Crippen LogP contribution in [0.2, 0.25) is 0 Å². The highest BCUT2D eigenvalue weighted by atomic mass is 19.4. The smallest absolute Gasteiger partial charge is 0.368 e. The van der Waals surface area contributed by atoms with Gasteiger partial charge in [-0.3, -0.25) is 0 Å². The fraction of sp³-hybridized carbons (Fsp3) is 0.400. The van der Waals surface area contributed by atoms with Crippen molar-refractivity contribution in [2.45, 2.75) is 12.6 Å². The zero-order valence-corrected chi connectivity index (χ0v) is 10.0. The second-order valence-electron chi connectivity index (χ2n) is 3.84. The molecule has 2 heterocycles. The van der Waals surface area contributed by atoms with E-state index in [2.05, 4.69) is 25.7 Å². The Morgan fingerprint density at radius 3 is 2.53 bits per heavy atom. The topological polar surface area (TPSA) is 68.5 Å². The van der Waals surface area contributed by atoms with E-state index >= 15 is 0 Å². The minimum Gasteiger partial charge on any atom is -0.368 e. The van der Waals surface area contributed by atoms with Crippen molar-refractivity contribution in [2.24, 2.45) is 7.05 Å². The van der Waals surface area contributed by atoms with E-state index in [1.54, 1.807) is 10.9 Å². The first-order chi connectivity index (χ1) is 8.97. The van der Waals surface area contributed by atoms with Gasteiger partial charge in [-0.05, 0) is 12.1 Å². The van der Waals surface area contributed by atoms with Crippen LogP contribution in [0.15, 0.2) is 18.5 Å². The highest BCUT2D eigenvalue weighted by Crippen LogP contribution is 2.26. The molecule has 0 saturated heterocycles. The molecule has 102 valence electrons. The maximum atomic E-state index is 12.3. The molecule has 0 radical (unpaired) electrons. The molecule has 0 atom stereocenters. The summed E-state index contributed by atoms with van der Waals surface area (Å²) in [6.45, 7) is 0.479. The highest BCUT2D eigenvalue weighted by Gasteiger charge is 2.32. The summed E-state index contributed by atoms with van der Waals surface area (Å²) < 4.78 is 38.5. The SMILES string of the molecule is Cn1cnnc1CCNc1ccc(C(F)(F)F)nn1. The lowest BCUT2D eigenvalue weighted by molar-refractivity contribution is -0.141. The van der Waals surface area contributed by atoms with Gasteiger partial charge in [0.15, 0.2) is 5.69 Å². The fourth-order valence-electron chi connectivity index (χ4n) is 1.41. The van der Waals surface area contributed by atoms with E-state index in [9.17, 15) is 13.2 Å². The molecule has 2 aromatic heterocycles. The van der Waals surface area contributed by atoms with E-state index in [0.717, 1.165) is 11.9 Å². The minimum atomic E-state index is -4.47. The quantitative estimate of drug-likeness (QED) is 0.908. The molecule has 0 unspecified atom stereocenters. The molecular formula is C10H11F3N6. The highest BCUT2D eigenvalue weighted by molar-refractivity contribution is 5.33. The predicted molar refractivity (Wildman–Crippen MR) is 60.2 cm³/mol. The molecule has 0 spiro atoms. The first-order valence-corrected chi connectivity index (χ1v) is 5.44. The van der Waals surface area contributed by atoms with Crippen molar-refractivity contribution in [1.29, 1.82) is 0 Å². The van der Waals surface area contributed by atoms with Crippen LogP contribution in [0.25, 0.3) is 0 Å². The monoisotopic (exact) mass is 272 g/mol. The summed E-state index contributed by atoms with van der Waals surface area (Å²) in [6, 6.07) is 2.13. The molecular weight excluding hydrogens is 261 g/mol. The second kappa shape index (κ2) is 5.21. The van der Waals surface area contributed by atoms with Gasteiger partial charge in [0.2, 0.25) is 0 Å². The molecule has 6 nitrogen and oxygen atoms in total.